The average Bonchev–Trinajstić information content (AvgIpc) is 3.48. The van der Waals surface area contributed by atoms with Gasteiger partial charge in [-0.05, 0) is 78.9 Å². The number of amides is 2. The fraction of sp³-hybridized carbons (Fsp3) is 0.343. The number of nitrogens with zero attached hydrogens (tertiary/aromatic N) is 4. The number of rotatable bonds is 7. The van der Waals surface area contributed by atoms with Crippen LogP contribution < -0.4 is 5.32 Å². The van der Waals surface area contributed by atoms with Crippen LogP contribution >= 0.6 is 11.6 Å². The van der Waals surface area contributed by atoms with Crippen LogP contribution in [0.1, 0.15) is 56.0 Å². The van der Waals surface area contributed by atoms with Crippen LogP contribution in [0.3, 0.4) is 0 Å². The van der Waals surface area contributed by atoms with E-state index in [1.807, 2.05) is 54.3 Å². The number of carbonyl (C=O) groups excluding carboxylic acids is 2. The van der Waals surface area contributed by atoms with Gasteiger partial charge in [-0.25, -0.2) is 0 Å². The second kappa shape index (κ2) is 13.2. The minimum atomic E-state index is -0.231. The second-order valence-corrected chi connectivity index (χ2v) is 12.3. The number of nitrogens with one attached hydrogen (secondary N) is 1. The first-order valence-corrected chi connectivity index (χ1v) is 15.5. The van der Waals surface area contributed by atoms with Crippen molar-refractivity contribution in [3.63, 3.8) is 0 Å². The van der Waals surface area contributed by atoms with Gasteiger partial charge in [0, 0.05) is 74.4 Å². The van der Waals surface area contributed by atoms with Crippen molar-refractivity contribution in [1.29, 1.82) is 5.26 Å². The number of halogens is 1. The summed E-state index contributed by atoms with van der Waals surface area (Å²) in [6.45, 7) is 8.30. The van der Waals surface area contributed by atoms with E-state index in [9.17, 15) is 9.59 Å². The Hall–Kier alpha value is -4.16. The summed E-state index contributed by atoms with van der Waals surface area (Å²) in [6, 6.07) is 23.2. The third-order valence-electron chi connectivity index (χ3n) is 8.70. The number of piperidine rings is 1. The van der Waals surface area contributed by atoms with E-state index in [1.54, 1.807) is 18.2 Å². The van der Waals surface area contributed by atoms with E-state index in [0.29, 0.717) is 29.8 Å². The third kappa shape index (κ3) is 6.97. The molecule has 44 heavy (non-hydrogen) atoms. The van der Waals surface area contributed by atoms with Gasteiger partial charge in [0.2, 0.25) is 0 Å². The lowest BCUT2D eigenvalue weighted by atomic mass is 10.0. The van der Waals surface area contributed by atoms with Gasteiger partial charge in [0.15, 0.2) is 5.76 Å². The molecule has 0 unspecified atom stereocenters. The maximum absolute atomic E-state index is 13.3. The summed E-state index contributed by atoms with van der Waals surface area (Å²) in [5, 5.41) is 13.6. The largest absolute Gasteiger partial charge is 0.451 e. The predicted octanol–water partition coefficient (Wildman–Crippen LogP) is 5.62. The normalized spacial score (nSPS) is 16.6. The lowest BCUT2D eigenvalue weighted by molar-refractivity contribution is 0.0628. The molecule has 2 fully saturated rings. The van der Waals surface area contributed by atoms with E-state index >= 15 is 0 Å². The van der Waals surface area contributed by atoms with E-state index < -0.39 is 0 Å². The van der Waals surface area contributed by atoms with E-state index in [0.717, 1.165) is 68.1 Å². The summed E-state index contributed by atoms with van der Waals surface area (Å²) in [4.78, 5) is 33.0. The number of likely N-dealkylation sites (tertiary alicyclic amines) is 1. The minimum Gasteiger partial charge on any atom is -0.451 e. The molecular weight excluding hydrogens is 574 g/mol. The molecule has 4 aromatic rings. The lowest BCUT2D eigenvalue weighted by Gasteiger charge is -2.34. The smallest absolute Gasteiger partial charge is 0.287 e. The molecule has 0 radical (unpaired) electrons. The SMILES string of the molecule is Cc1ccc(CN2CCN(C(=O)c3ccc4oc(C(=O)NC5CCN(Cc6ccc(C#N)cc6)CC5)cc4c3)CC2)cc1Cl. The lowest BCUT2D eigenvalue weighted by Crippen LogP contribution is -2.48. The molecule has 2 amide bonds. The molecule has 0 aliphatic carbocycles. The van der Waals surface area contributed by atoms with Crippen LogP contribution in [0.2, 0.25) is 5.02 Å². The number of hydrogen-bond acceptors (Lipinski definition) is 6. The van der Waals surface area contributed by atoms with E-state index in [-0.39, 0.29) is 23.6 Å². The molecule has 0 bridgehead atoms. The average molecular weight is 610 g/mol. The standard InChI is InChI=1S/C35H36ClN5O3/c1-24-2-3-27(18-31(24)36)23-40-14-16-41(17-15-40)35(43)28-8-9-32-29(19-28)20-33(44-32)34(42)38-30-10-12-39(13-11-30)22-26-6-4-25(21-37)5-7-26/h2-9,18-20,30H,10-17,22-23H2,1H3,(H,38,42). The zero-order valence-corrected chi connectivity index (χ0v) is 25.6. The van der Waals surface area contributed by atoms with Crippen molar-refractivity contribution in [1.82, 2.24) is 20.0 Å². The number of benzene rings is 3. The Morgan fingerprint density at radius 3 is 2.27 bits per heavy atom. The highest BCUT2D eigenvalue weighted by molar-refractivity contribution is 6.31. The molecular formula is C35H36ClN5O3. The van der Waals surface area contributed by atoms with Crippen LogP contribution in [-0.2, 0) is 13.1 Å². The molecule has 1 N–H and O–H groups in total. The van der Waals surface area contributed by atoms with Gasteiger partial charge in [0.25, 0.3) is 11.8 Å². The number of nitriles is 1. The van der Waals surface area contributed by atoms with Gasteiger partial charge >= 0.3 is 0 Å². The number of furan rings is 1. The van der Waals surface area contributed by atoms with Gasteiger partial charge in [0.05, 0.1) is 11.6 Å². The number of aryl methyl sites for hydroxylation is 1. The predicted molar refractivity (Wildman–Crippen MR) is 171 cm³/mol. The second-order valence-electron chi connectivity index (χ2n) is 11.8. The van der Waals surface area contributed by atoms with Gasteiger partial charge < -0.3 is 14.6 Å². The molecule has 0 atom stereocenters. The van der Waals surface area contributed by atoms with Crippen molar-refractivity contribution in [2.75, 3.05) is 39.3 Å². The molecule has 2 aliphatic heterocycles. The molecule has 0 spiro atoms. The fourth-order valence-corrected chi connectivity index (χ4v) is 6.21. The van der Waals surface area contributed by atoms with Crippen LogP contribution in [0.15, 0.2) is 71.1 Å². The summed E-state index contributed by atoms with van der Waals surface area (Å²) in [7, 11) is 0. The van der Waals surface area contributed by atoms with Gasteiger partial charge in [-0.3, -0.25) is 19.4 Å². The van der Waals surface area contributed by atoms with E-state index in [4.69, 9.17) is 21.3 Å². The highest BCUT2D eigenvalue weighted by atomic mass is 35.5. The first-order chi connectivity index (χ1) is 21.3. The fourth-order valence-electron chi connectivity index (χ4n) is 6.01. The van der Waals surface area contributed by atoms with Crippen molar-refractivity contribution < 1.29 is 14.0 Å². The highest BCUT2D eigenvalue weighted by Crippen LogP contribution is 2.24. The van der Waals surface area contributed by atoms with Gasteiger partial charge in [-0.15, -0.1) is 0 Å². The monoisotopic (exact) mass is 609 g/mol. The summed E-state index contributed by atoms with van der Waals surface area (Å²) in [5.41, 5.74) is 5.28. The molecule has 2 saturated heterocycles. The van der Waals surface area contributed by atoms with Crippen LogP contribution in [0.4, 0.5) is 0 Å². The molecule has 9 heteroatoms. The van der Waals surface area contributed by atoms with Crippen molar-refractivity contribution in [2.24, 2.45) is 0 Å². The van der Waals surface area contributed by atoms with Crippen molar-refractivity contribution in [2.45, 2.75) is 38.9 Å². The number of hydrogen-bond donors (Lipinski definition) is 1. The Morgan fingerprint density at radius 2 is 1.57 bits per heavy atom. The zero-order valence-electron chi connectivity index (χ0n) is 24.9. The molecule has 3 heterocycles. The quantitative estimate of drug-likeness (QED) is 0.292. The Bertz CT molecular complexity index is 1690. The Labute approximate surface area is 262 Å². The van der Waals surface area contributed by atoms with Crippen LogP contribution in [0, 0.1) is 18.3 Å². The first-order valence-electron chi connectivity index (χ1n) is 15.2. The zero-order chi connectivity index (χ0) is 30.6. The Kier molecular flexibility index (Phi) is 8.99. The molecule has 6 rings (SSSR count). The van der Waals surface area contributed by atoms with Crippen LogP contribution in [0.5, 0.6) is 0 Å². The molecule has 8 nitrogen and oxygen atoms in total. The summed E-state index contributed by atoms with van der Waals surface area (Å²) >= 11 is 6.29. The van der Waals surface area contributed by atoms with E-state index in [1.165, 1.54) is 11.1 Å². The van der Waals surface area contributed by atoms with Crippen molar-refractivity contribution >= 4 is 34.4 Å². The maximum Gasteiger partial charge on any atom is 0.287 e. The highest BCUT2D eigenvalue weighted by Gasteiger charge is 2.25. The van der Waals surface area contributed by atoms with Crippen LogP contribution in [-0.4, -0.2) is 71.8 Å². The summed E-state index contributed by atoms with van der Waals surface area (Å²) in [5.74, 6) is 0.0185. The van der Waals surface area contributed by atoms with Gasteiger partial charge in [-0.2, -0.15) is 5.26 Å². The Morgan fingerprint density at radius 1 is 0.886 bits per heavy atom. The van der Waals surface area contributed by atoms with Crippen molar-refractivity contribution in [3.05, 3.63) is 105 Å². The molecule has 1 aromatic heterocycles. The Balaban J connectivity index is 0.996. The van der Waals surface area contributed by atoms with Crippen LogP contribution in [0.25, 0.3) is 11.0 Å². The third-order valence-corrected chi connectivity index (χ3v) is 9.11. The van der Waals surface area contributed by atoms with Gasteiger partial charge in [0.1, 0.15) is 5.58 Å². The molecule has 226 valence electrons. The first kappa shape index (κ1) is 29.9. The summed E-state index contributed by atoms with van der Waals surface area (Å²) in [6.07, 6.45) is 1.71. The molecule has 2 aliphatic rings. The minimum absolute atomic E-state index is 0.00935. The van der Waals surface area contributed by atoms with Crippen molar-refractivity contribution in [3.8, 4) is 6.07 Å². The number of piperazine rings is 1. The molecule has 0 saturated carbocycles. The number of fused-ring (bicyclic) bond motifs is 1. The number of carbonyl (C=O) groups is 2. The molecule has 3 aromatic carbocycles. The topological polar surface area (TPSA) is 92.8 Å². The van der Waals surface area contributed by atoms with Gasteiger partial charge in [-0.1, -0.05) is 35.9 Å². The summed E-state index contributed by atoms with van der Waals surface area (Å²) < 4.78 is 5.87. The maximum atomic E-state index is 13.3. The van der Waals surface area contributed by atoms with E-state index in [2.05, 4.69) is 27.3 Å².